The molecule has 1 saturated carbocycles. The Hall–Kier alpha value is -1.06. The summed E-state index contributed by atoms with van der Waals surface area (Å²) in [4.78, 5) is 25.8. The first-order valence-corrected chi connectivity index (χ1v) is 8.15. The van der Waals surface area contributed by atoms with Gasteiger partial charge in [0, 0.05) is 13.1 Å². The summed E-state index contributed by atoms with van der Waals surface area (Å²) in [6.45, 7) is 3.86. The van der Waals surface area contributed by atoms with E-state index in [1.165, 1.54) is 19.3 Å². The topological polar surface area (TPSA) is 57.6 Å². The van der Waals surface area contributed by atoms with Gasteiger partial charge in [0.2, 0.25) is 5.91 Å². The van der Waals surface area contributed by atoms with E-state index in [1.807, 2.05) is 4.90 Å². The largest absolute Gasteiger partial charge is 0.481 e. The molecule has 3 atom stereocenters. The molecule has 1 aliphatic carbocycles. The molecule has 0 aromatic rings. The lowest BCUT2D eigenvalue weighted by Gasteiger charge is -2.26. The lowest BCUT2D eigenvalue weighted by molar-refractivity contribution is -0.149. The van der Waals surface area contributed by atoms with Gasteiger partial charge in [0.25, 0.3) is 0 Å². The summed E-state index contributed by atoms with van der Waals surface area (Å²) in [6, 6.07) is 0. The highest BCUT2D eigenvalue weighted by molar-refractivity contribution is 5.85. The van der Waals surface area contributed by atoms with Crippen molar-refractivity contribution < 1.29 is 14.7 Å². The number of amides is 1. The monoisotopic (exact) mass is 281 g/mol. The molecule has 2 rings (SSSR count). The second-order valence-electron chi connectivity index (χ2n) is 6.39. The van der Waals surface area contributed by atoms with Crippen molar-refractivity contribution in [2.24, 2.45) is 17.8 Å². The van der Waals surface area contributed by atoms with Gasteiger partial charge in [-0.1, -0.05) is 26.2 Å². The molecule has 0 spiro atoms. The zero-order chi connectivity index (χ0) is 14.5. The predicted octanol–water partition coefficient (Wildman–Crippen LogP) is 2.92. The predicted molar refractivity (Wildman–Crippen MR) is 77.3 cm³/mol. The lowest BCUT2D eigenvalue weighted by Crippen LogP contribution is -2.39. The third kappa shape index (κ3) is 3.53. The maximum absolute atomic E-state index is 12.6. The minimum Gasteiger partial charge on any atom is -0.481 e. The van der Waals surface area contributed by atoms with E-state index in [9.17, 15) is 14.7 Å². The van der Waals surface area contributed by atoms with Crippen molar-refractivity contribution in [1.29, 1.82) is 0 Å². The number of rotatable bonds is 4. The summed E-state index contributed by atoms with van der Waals surface area (Å²) in [5.41, 5.74) is 0. The number of nitrogens with zero attached hydrogens (tertiary/aromatic N) is 1. The minimum absolute atomic E-state index is 0.104. The van der Waals surface area contributed by atoms with E-state index >= 15 is 0 Å². The first-order chi connectivity index (χ1) is 9.63. The molecule has 1 N–H and O–H groups in total. The SMILES string of the molecule is CCCC1CCCN(C(=O)C2CCCC2C(=O)O)CC1. The highest BCUT2D eigenvalue weighted by Crippen LogP contribution is 2.34. The first-order valence-electron chi connectivity index (χ1n) is 8.15. The summed E-state index contributed by atoms with van der Waals surface area (Å²) < 4.78 is 0. The van der Waals surface area contributed by atoms with Gasteiger partial charge in [-0.25, -0.2) is 0 Å². The standard InChI is InChI=1S/C16H27NO3/c1-2-5-12-6-4-10-17(11-9-12)15(18)13-7-3-8-14(13)16(19)20/h12-14H,2-11H2,1H3,(H,19,20). The molecule has 1 aliphatic heterocycles. The number of carboxylic acids is 1. The average Bonchev–Trinajstić information content (AvgIpc) is 2.80. The summed E-state index contributed by atoms with van der Waals surface area (Å²) in [6.07, 6.45) is 8.13. The summed E-state index contributed by atoms with van der Waals surface area (Å²) >= 11 is 0. The molecule has 2 fully saturated rings. The van der Waals surface area contributed by atoms with Crippen LogP contribution in [0.25, 0.3) is 0 Å². The molecular formula is C16H27NO3. The highest BCUT2D eigenvalue weighted by Gasteiger charge is 2.39. The van der Waals surface area contributed by atoms with E-state index in [0.29, 0.717) is 6.42 Å². The van der Waals surface area contributed by atoms with Crippen molar-refractivity contribution in [1.82, 2.24) is 4.90 Å². The maximum Gasteiger partial charge on any atom is 0.307 e. The fourth-order valence-corrected chi connectivity index (χ4v) is 3.87. The Labute approximate surface area is 121 Å². The quantitative estimate of drug-likeness (QED) is 0.862. The van der Waals surface area contributed by atoms with Gasteiger partial charge in [0.15, 0.2) is 0 Å². The van der Waals surface area contributed by atoms with Crippen molar-refractivity contribution in [2.75, 3.05) is 13.1 Å². The Morgan fingerprint density at radius 3 is 2.50 bits per heavy atom. The molecule has 4 nitrogen and oxygen atoms in total. The Bertz CT molecular complexity index is 356. The summed E-state index contributed by atoms with van der Waals surface area (Å²) in [5, 5.41) is 9.23. The second-order valence-corrected chi connectivity index (χ2v) is 6.39. The maximum atomic E-state index is 12.6. The molecule has 1 amide bonds. The zero-order valence-corrected chi connectivity index (χ0v) is 12.5. The molecule has 2 aliphatic rings. The number of aliphatic carboxylic acids is 1. The Kier molecular flexibility index (Phi) is 5.44. The van der Waals surface area contributed by atoms with E-state index < -0.39 is 11.9 Å². The van der Waals surface area contributed by atoms with Crippen LogP contribution in [-0.2, 0) is 9.59 Å². The van der Waals surface area contributed by atoms with Gasteiger partial charge in [-0.05, 0) is 38.0 Å². The zero-order valence-electron chi connectivity index (χ0n) is 12.5. The molecule has 1 heterocycles. The van der Waals surface area contributed by atoms with Gasteiger partial charge in [-0.2, -0.15) is 0 Å². The van der Waals surface area contributed by atoms with Crippen LogP contribution in [0.15, 0.2) is 0 Å². The van der Waals surface area contributed by atoms with Crippen LogP contribution in [0.4, 0.5) is 0 Å². The van der Waals surface area contributed by atoms with E-state index in [4.69, 9.17) is 0 Å². The van der Waals surface area contributed by atoms with E-state index in [2.05, 4.69) is 6.92 Å². The van der Waals surface area contributed by atoms with Crippen molar-refractivity contribution in [3.8, 4) is 0 Å². The normalized spacial score (nSPS) is 31.1. The minimum atomic E-state index is -0.792. The molecule has 0 aromatic heterocycles. The smallest absolute Gasteiger partial charge is 0.307 e. The van der Waals surface area contributed by atoms with Crippen molar-refractivity contribution in [3.63, 3.8) is 0 Å². The molecule has 114 valence electrons. The fourth-order valence-electron chi connectivity index (χ4n) is 3.87. The van der Waals surface area contributed by atoms with Crippen LogP contribution < -0.4 is 0 Å². The third-order valence-corrected chi connectivity index (χ3v) is 5.01. The molecule has 20 heavy (non-hydrogen) atoms. The van der Waals surface area contributed by atoms with Crippen LogP contribution in [0.5, 0.6) is 0 Å². The van der Waals surface area contributed by atoms with Crippen molar-refractivity contribution >= 4 is 11.9 Å². The average molecular weight is 281 g/mol. The van der Waals surface area contributed by atoms with Gasteiger partial charge < -0.3 is 10.0 Å². The number of likely N-dealkylation sites (tertiary alicyclic amines) is 1. The highest BCUT2D eigenvalue weighted by atomic mass is 16.4. The van der Waals surface area contributed by atoms with Crippen LogP contribution in [-0.4, -0.2) is 35.0 Å². The van der Waals surface area contributed by atoms with E-state index in [-0.39, 0.29) is 11.8 Å². The molecule has 0 bridgehead atoms. The summed E-state index contributed by atoms with van der Waals surface area (Å²) in [7, 11) is 0. The molecule has 0 aromatic carbocycles. The summed E-state index contributed by atoms with van der Waals surface area (Å²) in [5.74, 6) is -0.657. The van der Waals surface area contributed by atoms with Gasteiger partial charge >= 0.3 is 5.97 Å². The fraction of sp³-hybridized carbons (Fsp3) is 0.875. The van der Waals surface area contributed by atoms with Crippen molar-refractivity contribution in [3.05, 3.63) is 0 Å². The number of carboxylic acid groups (broad SMARTS) is 1. The molecular weight excluding hydrogens is 254 g/mol. The molecule has 4 heteroatoms. The molecule has 3 unspecified atom stereocenters. The third-order valence-electron chi connectivity index (χ3n) is 5.01. The first kappa shape index (κ1) is 15.3. The second kappa shape index (κ2) is 7.09. The van der Waals surface area contributed by atoms with Crippen LogP contribution in [0, 0.1) is 17.8 Å². The van der Waals surface area contributed by atoms with Crippen LogP contribution in [0.1, 0.15) is 58.3 Å². The Morgan fingerprint density at radius 1 is 1.05 bits per heavy atom. The van der Waals surface area contributed by atoms with E-state index in [0.717, 1.165) is 44.7 Å². The molecule has 1 saturated heterocycles. The van der Waals surface area contributed by atoms with Gasteiger partial charge in [-0.15, -0.1) is 0 Å². The van der Waals surface area contributed by atoms with Crippen LogP contribution >= 0.6 is 0 Å². The van der Waals surface area contributed by atoms with Crippen molar-refractivity contribution in [2.45, 2.75) is 58.3 Å². The van der Waals surface area contributed by atoms with Crippen LogP contribution in [0.2, 0.25) is 0 Å². The number of carbonyl (C=O) groups is 2. The van der Waals surface area contributed by atoms with Gasteiger partial charge in [0.1, 0.15) is 0 Å². The number of carbonyl (C=O) groups excluding carboxylic acids is 1. The lowest BCUT2D eigenvalue weighted by atomic mass is 9.94. The molecule has 0 radical (unpaired) electrons. The number of hydrogen-bond donors (Lipinski definition) is 1. The Balaban J connectivity index is 1.93. The number of hydrogen-bond acceptors (Lipinski definition) is 2. The van der Waals surface area contributed by atoms with Gasteiger partial charge in [-0.3, -0.25) is 9.59 Å². The van der Waals surface area contributed by atoms with Gasteiger partial charge in [0.05, 0.1) is 11.8 Å². The van der Waals surface area contributed by atoms with E-state index in [1.54, 1.807) is 0 Å². The van der Waals surface area contributed by atoms with Crippen LogP contribution in [0.3, 0.4) is 0 Å². The Morgan fingerprint density at radius 2 is 1.80 bits per heavy atom.